The summed E-state index contributed by atoms with van der Waals surface area (Å²) in [5.74, 6) is 0. The normalized spacial score (nSPS) is 15.0. The molecule has 2 heterocycles. The average molecular weight is 378 g/mol. The molecule has 1 aliphatic heterocycles. The Labute approximate surface area is 163 Å². The Balaban J connectivity index is 1.44. The fraction of sp³-hybridized carbons (Fsp3) is 0.227. The second-order valence-electron chi connectivity index (χ2n) is 6.72. The average Bonchev–Trinajstić information content (AvgIpc) is 3.23. The molecule has 0 saturated carbocycles. The first-order valence-corrected chi connectivity index (χ1v) is 10.1. The minimum Gasteiger partial charge on any atom is -0.336 e. The maximum Gasteiger partial charge on any atom is 0.319 e. The topological polar surface area (TPSA) is 44.4 Å². The third-order valence-electron chi connectivity index (χ3n) is 4.96. The molecule has 0 bridgehead atoms. The molecular weight excluding hydrogens is 354 g/mol. The molecule has 1 aromatic heterocycles. The lowest BCUT2D eigenvalue weighted by Gasteiger charge is -2.35. The van der Waals surface area contributed by atoms with E-state index in [-0.39, 0.29) is 12.1 Å². The zero-order valence-corrected chi connectivity index (χ0v) is 15.9. The van der Waals surface area contributed by atoms with E-state index in [9.17, 15) is 4.79 Å². The molecule has 4 rings (SSSR count). The Bertz CT molecular complexity index is 880. The number of nitrogens with zero attached hydrogens (tertiary/aromatic N) is 1. The Morgan fingerprint density at radius 2 is 1.78 bits per heavy atom. The molecule has 2 aromatic carbocycles. The molecule has 0 saturated heterocycles. The van der Waals surface area contributed by atoms with E-state index in [1.54, 1.807) is 11.3 Å². The zero-order chi connectivity index (χ0) is 18.5. The minimum atomic E-state index is -0.167. The maximum atomic E-state index is 12.3. The van der Waals surface area contributed by atoms with Gasteiger partial charge in [-0.2, -0.15) is 0 Å². The van der Waals surface area contributed by atoms with E-state index in [0.717, 1.165) is 25.2 Å². The number of rotatable bonds is 5. The van der Waals surface area contributed by atoms with E-state index in [1.165, 1.54) is 16.0 Å². The van der Waals surface area contributed by atoms with Gasteiger partial charge in [-0.05, 0) is 41.1 Å². The summed E-state index contributed by atoms with van der Waals surface area (Å²) in [6, 6.07) is 22.4. The lowest BCUT2D eigenvalue weighted by molar-refractivity contribution is 0.178. The maximum absolute atomic E-state index is 12.3. The number of urea groups is 1. The molecular formula is C22H23N3OS. The Hall–Kier alpha value is -2.63. The molecule has 138 valence electrons. The quantitative estimate of drug-likeness (QED) is 0.679. The number of carbonyl (C=O) groups excluding carboxylic acids is 1. The molecule has 0 aliphatic carbocycles. The third kappa shape index (κ3) is 4.38. The van der Waals surface area contributed by atoms with E-state index >= 15 is 0 Å². The van der Waals surface area contributed by atoms with E-state index in [1.807, 2.05) is 30.3 Å². The van der Waals surface area contributed by atoms with Gasteiger partial charge in [0, 0.05) is 30.2 Å². The predicted molar refractivity (Wildman–Crippen MR) is 111 cm³/mol. The summed E-state index contributed by atoms with van der Waals surface area (Å²) < 4.78 is 0. The third-order valence-corrected chi connectivity index (χ3v) is 5.93. The highest BCUT2D eigenvalue weighted by molar-refractivity contribution is 7.10. The molecule has 0 spiro atoms. The number of carbonyl (C=O) groups is 1. The molecule has 5 heteroatoms. The molecule has 1 atom stereocenters. The Morgan fingerprint density at radius 3 is 2.56 bits per heavy atom. The SMILES string of the molecule is O=C(NC[C@@H](c1cccs1)N1CCc2ccccc2C1)Nc1ccccc1. The van der Waals surface area contributed by atoms with Crippen molar-refractivity contribution in [1.29, 1.82) is 0 Å². The summed E-state index contributed by atoms with van der Waals surface area (Å²) in [6.45, 7) is 2.50. The van der Waals surface area contributed by atoms with Gasteiger partial charge in [-0.3, -0.25) is 4.90 Å². The van der Waals surface area contributed by atoms with Crippen LogP contribution in [0.4, 0.5) is 10.5 Å². The molecule has 4 nitrogen and oxygen atoms in total. The lowest BCUT2D eigenvalue weighted by Crippen LogP contribution is -2.41. The molecule has 27 heavy (non-hydrogen) atoms. The van der Waals surface area contributed by atoms with Gasteiger partial charge in [-0.1, -0.05) is 48.5 Å². The van der Waals surface area contributed by atoms with Gasteiger partial charge < -0.3 is 10.6 Å². The van der Waals surface area contributed by atoms with Crippen molar-refractivity contribution in [3.63, 3.8) is 0 Å². The fourth-order valence-electron chi connectivity index (χ4n) is 3.56. The Kier molecular flexibility index (Phi) is 5.51. The number of para-hydroxylation sites is 1. The number of amides is 2. The van der Waals surface area contributed by atoms with Gasteiger partial charge in [0.1, 0.15) is 0 Å². The van der Waals surface area contributed by atoms with Crippen LogP contribution in [0.2, 0.25) is 0 Å². The highest BCUT2D eigenvalue weighted by Gasteiger charge is 2.25. The number of hydrogen-bond acceptors (Lipinski definition) is 3. The van der Waals surface area contributed by atoms with Gasteiger partial charge in [-0.15, -0.1) is 11.3 Å². The number of anilines is 1. The van der Waals surface area contributed by atoms with E-state index in [2.05, 4.69) is 57.3 Å². The summed E-state index contributed by atoms with van der Waals surface area (Å²) in [5, 5.41) is 8.05. The molecule has 1 aliphatic rings. The number of hydrogen-bond donors (Lipinski definition) is 2. The van der Waals surface area contributed by atoms with Gasteiger partial charge >= 0.3 is 6.03 Å². The van der Waals surface area contributed by atoms with Gasteiger partial charge in [0.2, 0.25) is 0 Å². The molecule has 0 radical (unpaired) electrons. The smallest absolute Gasteiger partial charge is 0.319 e. The monoisotopic (exact) mass is 377 g/mol. The van der Waals surface area contributed by atoms with Gasteiger partial charge in [0.25, 0.3) is 0 Å². The second kappa shape index (κ2) is 8.37. The van der Waals surface area contributed by atoms with Crippen LogP contribution in [0.1, 0.15) is 22.0 Å². The van der Waals surface area contributed by atoms with Gasteiger partial charge in [-0.25, -0.2) is 4.79 Å². The van der Waals surface area contributed by atoms with Crippen LogP contribution in [0.3, 0.4) is 0 Å². The number of nitrogens with one attached hydrogen (secondary N) is 2. The van der Waals surface area contributed by atoms with Gasteiger partial charge in [0.05, 0.1) is 6.04 Å². The van der Waals surface area contributed by atoms with Crippen LogP contribution in [0.15, 0.2) is 72.1 Å². The standard InChI is InChI=1S/C22H23N3OS/c26-22(24-19-9-2-1-3-10-19)23-15-20(21-11-6-14-27-21)25-13-12-17-7-4-5-8-18(17)16-25/h1-11,14,20H,12-13,15-16H2,(H2,23,24,26)/t20-/m0/s1. The Morgan fingerprint density at radius 1 is 1.00 bits per heavy atom. The lowest BCUT2D eigenvalue weighted by atomic mass is 9.98. The highest BCUT2D eigenvalue weighted by Crippen LogP contribution is 2.30. The summed E-state index contributed by atoms with van der Waals surface area (Å²) in [7, 11) is 0. The van der Waals surface area contributed by atoms with Gasteiger partial charge in [0.15, 0.2) is 0 Å². The van der Waals surface area contributed by atoms with Crippen LogP contribution in [0.25, 0.3) is 0 Å². The first kappa shape index (κ1) is 17.8. The van der Waals surface area contributed by atoms with Crippen molar-refractivity contribution < 1.29 is 4.79 Å². The van der Waals surface area contributed by atoms with Crippen molar-refractivity contribution in [2.24, 2.45) is 0 Å². The van der Waals surface area contributed by atoms with Crippen molar-refractivity contribution in [2.45, 2.75) is 19.0 Å². The molecule has 2 amide bonds. The van der Waals surface area contributed by atoms with E-state index < -0.39 is 0 Å². The fourth-order valence-corrected chi connectivity index (χ4v) is 4.42. The summed E-state index contributed by atoms with van der Waals surface area (Å²) >= 11 is 1.75. The summed E-state index contributed by atoms with van der Waals surface area (Å²) in [6.07, 6.45) is 1.05. The number of thiophene rings is 1. The van der Waals surface area contributed by atoms with Crippen molar-refractivity contribution in [2.75, 3.05) is 18.4 Å². The van der Waals surface area contributed by atoms with E-state index in [4.69, 9.17) is 0 Å². The van der Waals surface area contributed by atoms with Crippen LogP contribution in [0.5, 0.6) is 0 Å². The second-order valence-corrected chi connectivity index (χ2v) is 7.70. The first-order chi connectivity index (χ1) is 13.3. The number of benzene rings is 2. The molecule has 3 aromatic rings. The minimum absolute atomic E-state index is 0.167. The first-order valence-electron chi connectivity index (χ1n) is 9.24. The van der Waals surface area contributed by atoms with Crippen LogP contribution in [0, 0.1) is 0 Å². The highest BCUT2D eigenvalue weighted by atomic mass is 32.1. The van der Waals surface area contributed by atoms with Crippen molar-refractivity contribution in [1.82, 2.24) is 10.2 Å². The number of fused-ring (bicyclic) bond motifs is 1. The van der Waals surface area contributed by atoms with Crippen LogP contribution in [-0.4, -0.2) is 24.0 Å². The molecule has 0 fully saturated rings. The zero-order valence-electron chi connectivity index (χ0n) is 15.1. The van der Waals surface area contributed by atoms with Crippen molar-refractivity contribution in [3.8, 4) is 0 Å². The van der Waals surface area contributed by atoms with E-state index in [0.29, 0.717) is 6.54 Å². The molecule has 0 unspecified atom stereocenters. The van der Waals surface area contributed by atoms with Crippen LogP contribution >= 0.6 is 11.3 Å². The predicted octanol–water partition coefficient (Wildman–Crippen LogP) is 4.67. The summed E-state index contributed by atoms with van der Waals surface area (Å²) in [4.78, 5) is 16.1. The van der Waals surface area contributed by atoms with Crippen molar-refractivity contribution >= 4 is 23.1 Å². The van der Waals surface area contributed by atoms with Crippen LogP contribution in [-0.2, 0) is 13.0 Å². The summed E-state index contributed by atoms with van der Waals surface area (Å²) in [5.41, 5.74) is 3.63. The van der Waals surface area contributed by atoms with Crippen molar-refractivity contribution in [3.05, 3.63) is 88.1 Å². The van der Waals surface area contributed by atoms with Crippen LogP contribution < -0.4 is 10.6 Å². The molecule has 2 N–H and O–H groups in total. The largest absolute Gasteiger partial charge is 0.336 e.